The Morgan fingerprint density at radius 2 is 2.50 bits per heavy atom. The zero-order valence-corrected chi connectivity index (χ0v) is 4.06. The number of aromatic nitrogens is 1. The Morgan fingerprint density at radius 1 is 1.50 bits per heavy atom. The van der Waals surface area contributed by atoms with Crippen LogP contribution >= 0.6 is 0 Å². The van der Waals surface area contributed by atoms with E-state index in [1.54, 1.807) is 6.20 Å². The molecule has 0 fully saturated rings. The molecule has 0 aliphatic heterocycles. The maximum Gasteiger partial charge on any atom is 0.160 e. The lowest BCUT2D eigenvalue weighted by Gasteiger charge is -1.65. The van der Waals surface area contributed by atoms with Crippen molar-refractivity contribution >= 4 is 11.1 Å². The first kappa shape index (κ1) is 3.78. The van der Waals surface area contributed by atoms with Crippen molar-refractivity contribution < 1.29 is 4.42 Å². The number of furan rings is 1. The molecule has 0 saturated heterocycles. The van der Waals surface area contributed by atoms with E-state index in [-0.39, 0.29) is 0 Å². The Bertz CT molecular complexity index is 230. The van der Waals surface area contributed by atoms with Gasteiger partial charge in [-0.25, -0.2) is 0 Å². The highest BCUT2D eigenvalue weighted by Crippen LogP contribution is 2.09. The first-order valence-corrected chi connectivity index (χ1v) is 2.31. The molecule has 0 aliphatic rings. The van der Waals surface area contributed by atoms with Gasteiger partial charge in [-0.05, 0) is 0 Å². The summed E-state index contributed by atoms with van der Waals surface area (Å²) < 4.78 is 4.92. The first-order chi connectivity index (χ1) is 3.97. The molecule has 0 amide bonds. The van der Waals surface area contributed by atoms with E-state index in [4.69, 9.17) is 4.42 Å². The lowest BCUT2D eigenvalue weighted by Crippen LogP contribution is -1.50. The molecule has 2 nitrogen and oxygen atoms in total. The van der Waals surface area contributed by atoms with E-state index < -0.39 is 0 Å². The Kier molecular flexibility index (Phi) is 0.545. The largest absolute Gasteiger partial charge is 0.461 e. The fraction of sp³-hybridized carbons (Fsp3) is 0. The van der Waals surface area contributed by atoms with E-state index in [9.17, 15) is 0 Å². The van der Waals surface area contributed by atoms with Gasteiger partial charge in [0.05, 0.1) is 5.52 Å². The highest BCUT2D eigenvalue weighted by molar-refractivity contribution is 5.70. The third-order valence-corrected chi connectivity index (χ3v) is 1.03. The zero-order chi connectivity index (χ0) is 5.40. The fourth-order valence-electron chi connectivity index (χ4n) is 0.659. The zero-order valence-electron chi connectivity index (χ0n) is 4.06. The fourth-order valence-corrected chi connectivity index (χ4v) is 0.659. The maximum atomic E-state index is 4.92. The number of hydrogen-bond donors (Lipinski definition) is 1. The SMILES string of the molecule is [c]1coc2[c]c[nH]c12. The van der Waals surface area contributed by atoms with E-state index in [0.29, 0.717) is 0 Å². The van der Waals surface area contributed by atoms with Crippen LogP contribution in [0.3, 0.4) is 0 Å². The molecule has 2 aromatic rings. The van der Waals surface area contributed by atoms with Crippen molar-refractivity contribution in [2.45, 2.75) is 0 Å². The summed E-state index contributed by atoms with van der Waals surface area (Å²) in [6.07, 6.45) is 3.21. The summed E-state index contributed by atoms with van der Waals surface area (Å²) in [5.74, 6) is 0. The van der Waals surface area contributed by atoms with Gasteiger partial charge in [0, 0.05) is 18.3 Å². The van der Waals surface area contributed by atoms with Crippen molar-refractivity contribution in [1.82, 2.24) is 4.98 Å². The van der Waals surface area contributed by atoms with Gasteiger partial charge in [0.15, 0.2) is 5.58 Å². The lowest BCUT2D eigenvalue weighted by molar-refractivity contribution is 0.615. The van der Waals surface area contributed by atoms with Crippen LogP contribution in [0.4, 0.5) is 0 Å². The van der Waals surface area contributed by atoms with Crippen molar-refractivity contribution in [2.24, 2.45) is 0 Å². The lowest BCUT2D eigenvalue weighted by atomic mass is 10.5. The average molecular weight is 105 g/mol. The van der Waals surface area contributed by atoms with Crippen LogP contribution in [0, 0.1) is 12.1 Å². The molecule has 2 heteroatoms. The van der Waals surface area contributed by atoms with Crippen LogP contribution in [0.5, 0.6) is 0 Å². The summed E-state index contributed by atoms with van der Waals surface area (Å²) in [4.78, 5) is 2.89. The molecule has 38 valence electrons. The predicted molar refractivity (Wildman–Crippen MR) is 28.2 cm³/mol. The first-order valence-electron chi connectivity index (χ1n) is 2.31. The molecule has 8 heavy (non-hydrogen) atoms. The van der Waals surface area contributed by atoms with Gasteiger partial charge in [0.2, 0.25) is 0 Å². The smallest absolute Gasteiger partial charge is 0.160 e. The van der Waals surface area contributed by atoms with Gasteiger partial charge in [-0.3, -0.25) is 0 Å². The molecule has 0 spiro atoms. The second kappa shape index (κ2) is 1.15. The van der Waals surface area contributed by atoms with Crippen molar-refractivity contribution in [3.05, 3.63) is 24.6 Å². The minimum Gasteiger partial charge on any atom is -0.461 e. The standard InChI is InChI=1S/C6H3NO/c1-3-7-5-2-4-8-6(1)5/h3-4,7H. The van der Waals surface area contributed by atoms with Gasteiger partial charge in [-0.1, -0.05) is 0 Å². The van der Waals surface area contributed by atoms with Gasteiger partial charge < -0.3 is 9.40 Å². The molecule has 0 saturated carbocycles. The van der Waals surface area contributed by atoms with Crippen LogP contribution in [-0.4, -0.2) is 4.98 Å². The summed E-state index contributed by atoms with van der Waals surface area (Å²) in [6, 6.07) is 5.69. The van der Waals surface area contributed by atoms with Crippen LogP contribution in [0.2, 0.25) is 0 Å². The minimum atomic E-state index is 0.741. The molecule has 1 N–H and O–H groups in total. The van der Waals surface area contributed by atoms with Crippen molar-refractivity contribution in [2.75, 3.05) is 0 Å². The summed E-state index contributed by atoms with van der Waals surface area (Å²) in [7, 11) is 0. The monoisotopic (exact) mass is 105 g/mol. The normalized spacial score (nSPS) is 10.5. The van der Waals surface area contributed by atoms with Gasteiger partial charge in [0.25, 0.3) is 0 Å². The third-order valence-electron chi connectivity index (χ3n) is 1.03. The molecule has 0 aliphatic carbocycles. The summed E-state index contributed by atoms with van der Waals surface area (Å²) in [5.41, 5.74) is 1.62. The molecule has 0 aromatic carbocycles. The molecule has 0 bridgehead atoms. The van der Waals surface area contributed by atoms with Gasteiger partial charge >= 0.3 is 0 Å². The number of H-pyrrole nitrogens is 1. The molecular formula is C6H3NO. The Morgan fingerprint density at radius 3 is 3.38 bits per heavy atom. The molecule has 2 rings (SSSR count). The van der Waals surface area contributed by atoms with Gasteiger partial charge in [-0.2, -0.15) is 0 Å². The predicted octanol–water partition coefficient (Wildman–Crippen LogP) is 1.36. The van der Waals surface area contributed by atoms with Crippen molar-refractivity contribution in [3.63, 3.8) is 0 Å². The molecular weight excluding hydrogens is 102 g/mol. The third kappa shape index (κ3) is 0.320. The molecule has 2 radical (unpaired) electrons. The summed E-state index contributed by atoms with van der Waals surface area (Å²) in [5, 5.41) is 0. The number of aromatic amines is 1. The quantitative estimate of drug-likeness (QED) is 0.538. The van der Waals surface area contributed by atoms with E-state index in [1.807, 2.05) is 0 Å². The highest BCUT2D eigenvalue weighted by atomic mass is 16.3. The summed E-state index contributed by atoms with van der Waals surface area (Å²) in [6.45, 7) is 0. The van der Waals surface area contributed by atoms with Crippen molar-refractivity contribution in [3.8, 4) is 0 Å². The van der Waals surface area contributed by atoms with Crippen molar-refractivity contribution in [1.29, 1.82) is 0 Å². The second-order valence-electron chi connectivity index (χ2n) is 1.52. The Labute approximate surface area is 46.1 Å². The van der Waals surface area contributed by atoms with Crippen LogP contribution in [-0.2, 0) is 0 Å². The molecule has 0 atom stereocenters. The summed E-state index contributed by atoms with van der Waals surface area (Å²) >= 11 is 0. The second-order valence-corrected chi connectivity index (χ2v) is 1.52. The Balaban J connectivity index is 3.06. The Hall–Kier alpha value is -1.18. The van der Waals surface area contributed by atoms with Crippen LogP contribution in [0.1, 0.15) is 0 Å². The van der Waals surface area contributed by atoms with E-state index in [2.05, 4.69) is 17.1 Å². The number of rotatable bonds is 0. The topological polar surface area (TPSA) is 28.9 Å². The van der Waals surface area contributed by atoms with Gasteiger partial charge in [-0.15, -0.1) is 0 Å². The van der Waals surface area contributed by atoms with Crippen LogP contribution in [0.25, 0.3) is 11.1 Å². The highest BCUT2D eigenvalue weighted by Gasteiger charge is 1.93. The molecule has 0 unspecified atom stereocenters. The maximum absolute atomic E-state index is 4.92. The molecule has 2 aromatic heterocycles. The number of hydrogen-bond acceptors (Lipinski definition) is 1. The van der Waals surface area contributed by atoms with E-state index >= 15 is 0 Å². The van der Waals surface area contributed by atoms with E-state index in [0.717, 1.165) is 11.1 Å². The van der Waals surface area contributed by atoms with Gasteiger partial charge in [0.1, 0.15) is 6.26 Å². The number of nitrogens with one attached hydrogen (secondary N) is 1. The number of fused-ring (bicyclic) bond motifs is 1. The average Bonchev–Trinajstić information content (AvgIpc) is 2.15. The van der Waals surface area contributed by atoms with Crippen LogP contribution in [0.15, 0.2) is 16.9 Å². The molecule has 2 heterocycles. The van der Waals surface area contributed by atoms with Crippen LogP contribution < -0.4 is 0 Å². The van der Waals surface area contributed by atoms with E-state index in [1.165, 1.54) is 6.26 Å². The minimum absolute atomic E-state index is 0.741.